The largest absolute Gasteiger partial charge is 0.483 e. The lowest BCUT2D eigenvalue weighted by Gasteiger charge is -2.24. The van der Waals surface area contributed by atoms with E-state index in [1.807, 2.05) is 32.9 Å². The number of hydrogen-bond acceptors (Lipinski definition) is 4. The molecule has 22 heavy (non-hydrogen) atoms. The molecule has 0 aromatic heterocycles. The standard InChI is InChI=1S/C16H23NO4S/c1-11-7-12(2)16(13(3)8-11)21-9-15(18)17(4)14-5-6-22(19,20)10-14/h7-8,14H,5-6,9-10H2,1-4H3. The number of carbonyl (C=O) groups is 1. The summed E-state index contributed by atoms with van der Waals surface area (Å²) >= 11 is 0. The van der Waals surface area contributed by atoms with E-state index in [1.165, 1.54) is 4.90 Å². The van der Waals surface area contributed by atoms with Crippen molar-refractivity contribution < 1.29 is 17.9 Å². The first-order chi connectivity index (χ1) is 10.2. The number of rotatable bonds is 4. The van der Waals surface area contributed by atoms with Crippen LogP contribution in [0.5, 0.6) is 5.75 Å². The first kappa shape index (κ1) is 16.8. The summed E-state index contributed by atoms with van der Waals surface area (Å²) in [5, 5.41) is 0. The summed E-state index contributed by atoms with van der Waals surface area (Å²) in [5.41, 5.74) is 3.15. The van der Waals surface area contributed by atoms with Gasteiger partial charge in [-0.25, -0.2) is 8.42 Å². The Bertz CT molecular complexity index is 658. The Hall–Kier alpha value is -1.56. The van der Waals surface area contributed by atoms with Crippen molar-refractivity contribution in [2.75, 3.05) is 25.2 Å². The van der Waals surface area contributed by atoms with Crippen LogP contribution in [-0.2, 0) is 14.6 Å². The average molecular weight is 325 g/mol. The normalized spacial score (nSPS) is 19.9. The van der Waals surface area contributed by atoms with Gasteiger partial charge in [-0.1, -0.05) is 17.7 Å². The second kappa shape index (κ2) is 6.28. The molecule has 1 fully saturated rings. The van der Waals surface area contributed by atoms with Gasteiger partial charge in [-0.2, -0.15) is 0 Å². The summed E-state index contributed by atoms with van der Waals surface area (Å²) in [6.07, 6.45) is 0.507. The Kier molecular flexibility index (Phi) is 4.80. The van der Waals surface area contributed by atoms with E-state index in [4.69, 9.17) is 4.74 Å². The summed E-state index contributed by atoms with van der Waals surface area (Å²) in [5.74, 6) is 0.748. The lowest BCUT2D eigenvalue weighted by molar-refractivity contribution is -0.133. The van der Waals surface area contributed by atoms with Crippen molar-refractivity contribution in [3.63, 3.8) is 0 Å². The van der Waals surface area contributed by atoms with Crippen LogP contribution >= 0.6 is 0 Å². The van der Waals surface area contributed by atoms with E-state index in [0.717, 1.165) is 22.4 Å². The van der Waals surface area contributed by atoms with Crippen LogP contribution in [-0.4, -0.2) is 50.4 Å². The molecule has 1 aliphatic heterocycles. The van der Waals surface area contributed by atoms with Crippen LogP contribution in [0.1, 0.15) is 23.1 Å². The summed E-state index contributed by atoms with van der Waals surface area (Å²) in [6, 6.07) is 3.79. The fourth-order valence-corrected chi connectivity index (χ4v) is 4.69. The summed E-state index contributed by atoms with van der Waals surface area (Å²) in [4.78, 5) is 13.7. The van der Waals surface area contributed by atoms with Crippen LogP contribution in [0.25, 0.3) is 0 Å². The summed E-state index contributed by atoms with van der Waals surface area (Å²) in [6.45, 7) is 5.85. The smallest absolute Gasteiger partial charge is 0.260 e. The van der Waals surface area contributed by atoms with E-state index in [0.29, 0.717) is 6.42 Å². The highest BCUT2D eigenvalue weighted by Gasteiger charge is 2.32. The molecule has 6 heteroatoms. The third-order valence-electron chi connectivity index (χ3n) is 4.09. The van der Waals surface area contributed by atoms with Gasteiger partial charge in [-0.3, -0.25) is 4.79 Å². The van der Waals surface area contributed by atoms with E-state index in [9.17, 15) is 13.2 Å². The molecule has 1 aromatic carbocycles. The molecule has 1 aliphatic rings. The number of likely N-dealkylation sites (N-methyl/N-ethyl adjacent to an activating group) is 1. The quantitative estimate of drug-likeness (QED) is 0.844. The average Bonchev–Trinajstić information content (AvgIpc) is 2.76. The van der Waals surface area contributed by atoms with Crippen molar-refractivity contribution in [1.29, 1.82) is 0 Å². The molecule has 1 amide bonds. The van der Waals surface area contributed by atoms with Gasteiger partial charge in [-0.15, -0.1) is 0 Å². The lowest BCUT2D eigenvalue weighted by atomic mass is 10.1. The molecule has 1 saturated heterocycles. The van der Waals surface area contributed by atoms with Crippen LogP contribution in [0.4, 0.5) is 0 Å². The lowest BCUT2D eigenvalue weighted by Crippen LogP contribution is -2.40. The molecular formula is C16H23NO4S. The van der Waals surface area contributed by atoms with Gasteiger partial charge < -0.3 is 9.64 Å². The van der Waals surface area contributed by atoms with Crippen LogP contribution in [0.3, 0.4) is 0 Å². The molecule has 0 aliphatic carbocycles. The van der Waals surface area contributed by atoms with E-state index < -0.39 is 9.84 Å². The Morgan fingerprint density at radius 1 is 1.27 bits per heavy atom. The summed E-state index contributed by atoms with van der Waals surface area (Å²) < 4.78 is 28.7. The van der Waals surface area contributed by atoms with Crippen molar-refractivity contribution in [3.05, 3.63) is 28.8 Å². The number of benzene rings is 1. The van der Waals surface area contributed by atoms with Gasteiger partial charge in [0.15, 0.2) is 16.4 Å². The molecule has 0 spiro atoms. The van der Waals surface area contributed by atoms with Gasteiger partial charge in [0.05, 0.1) is 11.5 Å². The van der Waals surface area contributed by atoms with Crippen molar-refractivity contribution in [2.45, 2.75) is 33.2 Å². The van der Waals surface area contributed by atoms with Crippen molar-refractivity contribution >= 4 is 15.7 Å². The maximum Gasteiger partial charge on any atom is 0.260 e. The highest BCUT2D eigenvalue weighted by molar-refractivity contribution is 7.91. The number of ether oxygens (including phenoxy) is 1. The Labute approximate surface area is 132 Å². The van der Waals surface area contributed by atoms with Crippen molar-refractivity contribution in [3.8, 4) is 5.75 Å². The van der Waals surface area contributed by atoms with E-state index >= 15 is 0 Å². The third kappa shape index (κ3) is 3.80. The third-order valence-corrected chi connectivity index (χ3v) is 5.84. The minimum absolute atomic E-state index is 0.0534. The molecule has 0 N–H and O–H groups in total. The molecule has 1 heterocycles. The zero-order chi connectivity index (χ0) is 16.5. The van der Waals surface area contributed by atoms with Gasteiger partial charge in [-0.05, 0) is 38.3 Å². The molecule has 1 unspecified atom stereocenters. The zero-order valence-corrected chi connectivity index (χ0v) is 14.4. The second-order valence-electron chi connectivity index (χ2n) is 6.08. The maximum atomic E-state index is 12.2. The molecule has 122 valence electrons. The first-order valence-corrected chi connectivity index (χ1v) is 9.18. The number of sulfone groups is 1. The fourth-order valence-electron chi connectivity index (χ4n) is 2.91. The molecule has 5 nitrogen and oxygen atoms in total. The van der Waals surface area contributed by atoms with Crippen LogP contribution < -0.4 is 4.74 Å². The number of aryl methyl sites for hydroxylation is 3. The Morgan fingerprint density at radius 2 is 1.86 bits per heavy atom. The molecular weight excluding hydrogens is 302 g/mol. The monoisotopic (exact) mass is 325 g/mol. The Morgan fingerprint density at radius 3 is 2.36 bits per heavy atom. The van der Waals surface area contributed by atoms with Crippen LogP contribution in [0, 0.1) is 20.8 Å². The van der Waals surface area contributed by atoms with Crippen LogP contribution in [0.15, 0.2) is 12.1 Å². The second-order valence-corrected chi connectivity index (χ2v) is 8.31. The van der Waals surface area contributed by atoms with Gasteiger partial charge in [0.1, 0.15) is 5.75 Å². The summed E-state index contributed by atoms with van der Waals surface area (Å²) in [7, 11) is -1.35. The Balaban J connectivity index is 1.99. The fraction of sp³-hybridized carbons (Fsp3) is 0.562. The predicted octanol–water partition coefficient (Wildman–Crippen LogP) is 1.64. The number of amides is 1. The number of nitrogens with zero attached hydrogens (tertiary/aromatic N) is 1. The number of hydrogen-bond donors (Lipinski definition) is 0. The van der Waals surface area contributed by atoms with Gasteiger partial charge in [0.25, 0.3) is 5.91 Å². The topological polar surface area (TPSA) is 63.7 Å². The minimum Gasteiger partial charge on any atom is -0.483 e. The van der Waals surface area contributed by atoms with E-state index in [1.54, 1.807) is 7.05 Å². The molecule has 1 atom stereocenters. The van der Waals surface area contributed by atoms with Crippen molar-refractivity contribution in [1.82, 2.24) is 4.90 Å². The highest BCUT2D eigenvalue weighted by atomic mass is 32.2. The molecule has 2 rings (SSSR count). The maximum absolute atomic E-state index is 12.2. The van der Waals surface area contributed by atoms with Gasteiger partial charge in [0.2, 0.25) is 0 Å². The number of carbonyl (C=O) groups excluding carboxylic acids is 1. The van der Waals surface area contributed by atoms with Gasteiger partial charge >= 0.3 is 0 Å². The highest BCUT2D eigenvalue weighted by Crippen LogP contribution is 2.24. The van der Waals surface area contributed by atoms with E-state index in [2.05, 4.69) is 0 Å². The first-order valence-electron chi connectivity index (χ1n) is 7.36. The SMILES string of the molecule is Cc1cc(C)c(OCC(=O)N(C)C2CCS(=O)(=O)C2)c(C)c1. The molecule has 0 bridgehead atoms. The van der Waals surface area contributed by atoms with Crippen molar-refractivity contribution in [2.24, 2.45) is 0 Å². The van der Waals surface area contributed by atoms with Crippen LogP contribution in [0.2, 0.25) is 0 Å². The van der Waals surface area contributed by atoms with E-state index in [-0.39, 0.29) is 30.1 Å². The molecule has 0 saturated carbocycles. The zero-order valence-electron chi connectivity index (χ0n) is 13.5. The minimum atomic E-state index is -2.99. The van der Waals surface area contributed by atoms with Gasteiger partial charge in [0, 0.05) is 13.1 Å². The molecule has 1 aromatic rings. The predicted molar refractivity (Wildman–Crippen MR) is 86.0 cm³/mol. The molecule has 0 radical (unpaired) electrons.